The van der Waals surface area contributed by atoms with Gasteiger partial charge in [0.05, 0.1) is 0 Å². The molecule has 1 atom stereocenters. The second-order valence-corrected chi connectivity index (χ2v) is 5.50. The van der Waals surface area contributed by atoms with E-state index in [9.17, 15) is 4.79 Å². The van der Waals surface area contributed by atoms with Crippen LogP contribution < -0.4 is 5.32 Å². The van der Waals surface area contributed by atoms with Gasteiger partial charge in [0.25, 0.3) is 0 Å². The maximum Gasteiger partial charge on any atom is 0.221 e. The van der Waals surface area contributed by atoms with Gasteiger partial charge in [-0.05, 0) is 56.5 Å². The molecule has 1 aromatic carbocycles. The summed E-state index contributed by atoms with van der Waals surface area (Å²) >= 11 is 0. The van der Waals surface area contributed by atoms with Gasteiger partial charge in [0.2, 0.25) is 5.91 Å². The lowest BCUT2D eigenvalue weighted by atomic mass is 9.86. The number of carbonyl (C=O) groups is 1. The van der Waals surface area contributed by atoms with E-state index >= 15 is 0 Å². The van der Waals surface area contributed by atoms with Crippen LogP contribution in [0.2, 0.25) is 0 Å². The van der Waals surface area contributed by atoms with Gasteiger partial charge in [-0.15, -0.1) is 12.4 Å². The lowest BCUT2D eigenvalue weighted by Gasteiger charge is -2.33. The number of benzene rings is 1. The number of hydrogen-bond acceptors (Lipinski definition) is 2. The zero-order valence-electron chi connectivity index (χ0n) is 12.6. The number of halogens is 1. The maximum atomic E-state index is 11.2. The van der Waals surface area contributed by atoms with Crippen molar-refractivity contribution in [1.29, 1.82) is 0 Å². The van der Waals surface area contributed by atoms with E-state index in [1.54, 1.807) is 6.92 Å². The summed E-state index contributed by atoms with van der Waals surface area (Å²) in [6.07, 6.45) is 4.54. The van der Waals surface area contributed by atoms with Gasteiger partial charge in [0, 0.05) is 18.7 Å². The zero-order valence-corrected chi connectivity index (χ0v) is 13.4. The Balaban J connectivity index is 0.00000200. The third-order valence-electron chi connectivity index (χ3n) is 3.97. The third-order valence-corrected chi connectivity index (χ3v) is 3.97. The molecule has 0 spiro atoms. The van der Waals surface area contributed by atoms with Crippen molar-refractivity contribution in [3.63, 3.8) is 0 Å². The van der Waals surface area contributed by atoms with Crippen molar-refractivity contribution >= 4 is 24.0 Å². The molecule has 1 aromatic rings. The topological polar surface area (TPSA) is 32.3 Å². The van der Waals surface area contributed by atoms with Gasteiger partial charge in [-0.3, -0.25) is 4.79 Å². The van der Waals surface area contributed by atoms with E-state index in [1.165, 1.54) is 24.0 Å². The summed E-state index contributed by atoms with van der Waals surface area (Å²) in [5, 5.41) is 2.95. The number of likely N-dealkylation sites (N-methyl/N-ethyl adjacent to an activating group) is 1. The molecule has 1 amide bonds. The minimum absolute atomic E-state index is 0. The van der Waals surface area contributed by atoms with Crippen molar-refractivity contribution in [2.24, 2.45) is 0 Å². The minimum atomic E-state index is 0. The highest BCUT2D eigenvalue weighted by atomic mass is 35.5. The van der Waals surface area contributed by atoms with Crippen LogP contribution in [-0.2, 0) is 17.6 Å². The maximum absolute atomic E-state index is 11.2. The van der Waals surface area contributed by atoms with Gasteiger partial charge in [-0.1, -0.05) is 19.1 Å². The van der Waals surface area contributed by atoms with Crippen LogP contribution in [0.5, 0.6) is 0 Å². The third kappa shape index (κ3) is 3.97. The number of hydrogen-bond donors (Lipinski definition) is 1. The molecule has 0 saturated heterocycles. The molecular weight excluding hydrogens is 272 g/mol. The van der Waals surface area contributed by atoms with Gasteiger partial charge in [-0.2, -0.15) is 0 Å². The summed E-state index contributed by atoms with van der Waals surface area (Å²) in [5.74, 6) is 0.0126. The molecule has 0 aromatic heterocycles. The van der Waals surface area contributed by atoms with Crippen LogP contribution in [0.15, 0.2) is 18.2 Å². The molecule has 3 nitrogen and oxygen atoms in total. The van der Waals surface area contributed by atoms with E-state index in [0.717, 1.165) is 25.1 Å². The van der Waals surface area contributed by atoms with Crippen molar-refractivity contribution < 1.29 is 4.79 Å². The fourth-order valence-electron chi connectivity index (χ4n) is 3.01. The summed E-state index contributed by atoms with van der Waals surface area (Å²) in [6, 6.07) is 6.90. The Morgan fingerprint density at radius 3 is 2.85 bits per heavy atom. The molecule has 0 radical (unpaired) electrons. The molecule has 2 rings (SSSR count). The molecule has 1 aliphatic rings. The van der Waals surface area contributed by atoms with E-state index in [-0.39, 0.29) is 18.3 Å². The van der Waals surface area contributed by atoms with Gasteiger partial charge in [0.1, 0.15) is 0 Å². The number of rotatable bonds is 4. The van der Waals surface area contributed by atoms with Crippen LogP contribution in [0, 0.1) is 0 Å². The van der Waals surface area contributed by atoms with Gasteiger partial charge < -0.3 is 10.2 Å². The molecule has 1 aliphatic carbocycles. The fraction of sp³-hybridized carbons (Fsp3) is 0.562. The van der Waals surface area contributed by atoms with Crippen LogP contribution >= 0.6 is 12.4 Å². The molecule has 0 fully saturated rings. The first kappa shape index (κ1) is 17.0. The first-order chi connectivity index (χ1) is 9.11. The largest absolute Gasteiger partial charge is 0.326 e. The van der Waals surface area contributed by atoms with Crippen LogP contribution in [-0.4, -0.2) is 30.4 Å². The molecule has 112 valence electrons. The normalized spacial score (nSPS) is 17.3. The van der Waals surface area contributed by atoms with Gasteiger partial charge in [0.15, 0.2) is 0 Å². The number of anilines is 1. The molecular formula is C16H25ClN2O. The zero-order chi connectivity index (χ0) is 13.8. The van der Waals surface area contributed by atoms with Crippen molar-refractivity contribution in [3.8, 4) is 0 Å². The van der Waals surface area contributed by atoms with E-state index in [4.69, 9.17) is 0 Å². The summed E-state index contributed by atoms with van der Waals surface area (Å²) in [7, 11) is 2.22. The van der Waals surface area contributed by atoms with Crippen LogP contribution in [0.25, 0.3) is 0 Å². The number of carbonyl (C=O) groups excluding carboxylic acids is 1. The number of amides is 1. The molecule has 1 N–H and O–H groups in total. The molecule has 0 saturated carbocycles. The lowest BCUT2D eigenvalue weighted by molar-refractivity contribution is -0.114. The summed E-state index contributed by atoms with van der Waals surface area (Å²) in [5.41, 5.74) is 3.73. The minimum Gasteiger partial charge on any atom is -0.326 e. The van der Waals surface area contributed by atoms with E-state index in [2.05, 4.69) is 30.3 Å². The summed E-state index contributed by atoms with van der Waals surface area (Å²) < 4.78 is 0. The Morgan fingerprint density at radius 2 is 2.20 bits per heavy atom. The summed E-state index contributed by atoms with van der Waals surface area (Å²) in [4.78, 5) is 13.7. The summed E-state index contributed by atoms with van der Waals surface area (Å²) in [6.45, 7) is 4.95. The van der Waals surface area contributed by atoms with E-state index in [0.29, 0.717) is 6.04 Å². The predicted molar refractivity (Wildman–Crippen MR) is 86.7 cm³/mol. The monoisotopic (exact) mass is 296 g/mol. The van der Waals surface area contributed by atoms with Crippen LogP contribution in [0.1, 0.15) is 37.8 Å². The Morgan fingerprint density at radius 1 is 1.45 bits per heavy atom. The van der Waals surface area contributed by atoms with Crippen LogP contribution in [0.4, 0.5) is 5.69 Å². The number of nitrogens with one attached hydrogen (secondary N) is 1. The van der Waals surface area contributed by atoms with Gasteiger partial charge >= 0.3 is 0 Å². The highest BCUT2D eigenvalue weighted by Crippen LogP contribution is 2.29. The van der Waals surface area contributed by atoms with Crippen molar-refractivity contribution in [1.82, 2.24) is 4.90 Å². The number of fused-ring (bicyclic) bond motifs is 1. The second-order valence-electron chi connectivity index (χ2n) is 5.50. The Bertz CT molecular complexity index is 462. The first-order valence-electron chi connectivity index (χ1n) is 7.20. The van der Waals surface area contributed by atoms with Crippen LogP contribution in [0.3, 0.4) is 0 Å². The van der Waals surface area contributed by atoms with E-state index < -0.39 is 0 Å². The first-order valence-corrected chi connectivity index (χ1v) is 7.20. The molecule has 0 bridgehead atoms. The SMILES string of the molecule is CCCN(C)C1CCc2c(cccc2NC(C)=O)C1.Cl. The lowest BCUT2D eigenvalue weighted by Crippen LogP contribution is -2.37. The fourth-order valence-corrected chi connectivity index (χ4v) is 3.01. The van der Waals surface area contributed by atoms with Gasteiger partial charge in [-0.25, -0.2) is 0 Å². The predicted octanol–water partition coefficient (Wildman–Crippen LogP) is 3.27. The molecule has 20 heavy (non-hydrogen) atoms. The average molecular weight is 297 g/mol. The molecule has 0 heterocycles. The molecule has 1 unspecified atom stereocenters. The Kier molecular flexibility index (Phi) is 6.50. The Labute approximate surface area is 128 Å². The standard InChI is InChI=1S/C16H24N2O.ClH/c1-4-10-18(3)14-8-9-15-13(11-14)6-5-7-16(15)17-12(2)19;/h5-7,14H,4,8-11H2,1-3H3,(H,17,19);1H. The quantitative estimate of drug-likeness (QED) is 0.925. The smallest absolute Gasteiger partial charge is 0.221 e. The van der Waals surface area contributed by atoms with E-state index in [1.807, 2.05) is 12.1 Å². The average Bonchev–Trinajstić information content (AvgIpc) is 2.38. The second kappa shape index (κ2) is 7.65. The number of nitrogens with zero attached hydrogens (tertiary/aromatic N) is 1. The highest BCUT2D eigenvalue weighted by molar-refractivity contribution is 5.89. The highest BCUT2D eigenvalue weighted by Gasteiger charge is 2.23. The van der Waals surface area contributed by atoms with Crippen molar-refractivity contribution in [2.75, 3.05) is 18.9 Å². The Hall–Kier alpha value is -1.06. The molecule has 4 heteroatoms. The van der Waals surface area contributed by atoms with Crippen molar-refractivity contribution in [2.45, 2.75) is 45.6 Å². The van der Waals surface area contributed by atoms with Crippen molar-refractivity contribution in [3.05, 3.63) is 29.3 Å². The molecule has 0 aliphatic heterocycles.